The normalized spacial score (nSPS) is 11.7. The second kappa shape index (κ2) is 12.3. The van der Waals surface area contributed by atoms with Gasteiger partial charge in [-0.25, -0.2) is 0 Å². The van der Waals surface area contributed by atoms with E-state index in [4.69, 9.17) is 16.3 Å². The minimum Gasteiger partial charge on any atom is -0.456 e. The Balaban J connectivity index is 2.16. The summed E-state index contributed by atoms with van der Waals surface area (Å²) in [5.41, 5.74) is 0.457. The van der Waals surface area contributed by atoms with Gasteiger partial charge in [-0.05, 0) is 43.5 Å². The first-order chi connectivity index (χ1) is 12.8. The lowest BCUT2D eigenvalue weighted by Crippen LogP contribution is -2.36. The summed E-state index contributed by atoms with van der Waals surface area (Å²) in [5.74, 6) is -0.499. The molecule has 1 atom stereocenters. The highest BCUT2D eigenvalue weighted by Gasteiger charge is 2.11. The van der Waals surface area contributed by atoms with Gasteiger partial charge in [-0.15, -0.1) is 0 Å². The molecule has 1 unspecified atom stereocenters. The van der Waals surface area contributed by atoms with Crippen LogP contribution in [0.25, 0.3) is 0 Å². The third-order valence-electron chi connectivity index (χ3n) is 3.91. The van der Waals surface area contributed by atoms with Gasteiger partial charge in [-0.2, -0.15) is 0 Å². The van der Waals surface area contributed by atoms with Gasteiger partial charge >= 0.3 is 5.97 Å². The van der Waals surface area contributed by atoms with Gasteiger partial charge in [0.15, 0.2) is 6.61 Å². The van der Waals surface area contributed by atoms with Crippen molar-refractivity contribution < 1.29 is 19.1 Å². The topological polar surface area (TPSA) is 84.5 Å². The summed E-state index contributed by atoms with van der Waals surface area (Å²) in [6, 6.07) is 6.49. The second-order valence-electron chi connectivity index (χ2n) is 6.97. The molecule has 0 radical (unpaired) electrons. The lowest BCUT2D eigenvalue weighted by atomic mass is 10.0. The summed E-state index contributed by atoms with van der Waals surface area (Å²) in [4.78, 5) is 35.3. The molecular formula is C20H29ClN2O4. The maximum Gasteiger partial charge on any atom is 0.308 e. The van der Waals surface area contributed by atoms with Crippen LogP contribution < -0.4 is 10.6 Å². The molecule has 0 aromatic heterocycles. The molecule has 7 heteroatoms. The molecule has 1 aromatic carbocycles. The van der Waals surface area contributed by atoms with E-state index < -0.39 is 5.97 Å². The monoisotopic (exact) mass is 396 g/mol. The number of rotatable bonds is 11. The number of carbonyl (C=O) groups excluding carboxylic acids is 3. The Bertz CT molecular complexity index is 617. The first kappa shape index (κ1) is 23.0. The van der Waals surface area contributed by atoms with E-state index in [2.05, 4.69) is 24.5 Å². The largest absolute Gasteiger partial charge is 0.456 e. The van der Waals surface area contributed by atoms with Crippen molar-refractivity contribution in [1.82, 2.24) is 10.6 Å². The zero-order valence-electron chi connectivity index (χ0n) is 16.2. The van der Waals surface area contributed by atoms with Crippen LogP contribution in [0.15, 0.2) is 24.3 Å². The van der Waals surface area contributed by atoms with Gasteiger partial charge in [0.05, 0.1) is 6.42 Å². The highest BCUT2D eigenvalue weighted by Crippen LogP contribution is 2.09. The third-order valence-corrected chi connectivity index (χ3v) is 4.16. The lowest BCUT2D eigenvalue weighted by molar-refractivity contribution is -0.148. The first-order valence-corrected chi connectivity index (χ1v) is 9.64. The molecule has 0 heterocycles. The van der Waals surface area contributed by atoms with Crippen molar-refractivity contribution in [3.05, 3.63) is 34.9 Å². The molecule has 2 N–H and O–H groups in total. The summed E-state index contributed by atoms with van der Waals surface area (Å²) < 4.78 is 4.93. The van der Waals surface area contributed by atoms with Gasteiger partial charge in [0.25, 0.3) is 11.8 Å². The van der Waals surface area contributed by atoms with E-state index >= 15 is 0 Å². The molecule has 0 saturated carbocycles. The molecule has 0 aliphatic rings. The molecule has 0 fully saturated rings. The van der Waals surface area contributed by atoms with E-state index in [0.717, 1.165) is 19.3 Å². The number of hydrogen-bond donors (Lipinski definition) is 2. The van der Waals surface area contributed by atoms with Crippen molar-refractivity contribution in [3.63, 3.8) is 0 Å². The predicted octanol–water partition coefficient (Wildman–Crippen LogP) is 3.33. The van der Waals surface area contributed by atoms with Crippen LogP contribution in [-0.2, 0) is 14.3 Å². The zero-order valence-corrected chi connectivity index (χ0v) is 17.0. The van der Waals surface area contributed by atoms with Gasteiger partial charge in [-0.3, -0.25) is 14.4 Å². The number of halogens is 1. The van der Waals surface area contributed by atoms with Crippen molar-refractivity contribution in [2.45, 2.75) is 52.5 Å². The molecule has 1 rings (SSSR count). The molecular weight excluding hydrogens is 368 g/mol. The van der Waals surface area contributed by atoms with E-state index in [1.165, 1.54) is 0 Å². The Morgan fingerprint density at radius 3 is 2.37 bits per heavy atom. The number of nitrogens with one attached hydrogen (secondary N) is 2. The average Bonchev–Trinajstić information content (AvgIpc) is 2.60. The zero-order chi connectivity index (χ0) is 20.2. The molecule has 0 bridgehead atoms. The quantitative estimate of drug-likeness (QED) is 0.562. The third kappa shape index (κ3) is 10.6. The van der Waals surface area contributed by atoms with E-state index in [-0.39, 0.29) is 37.4 Å². The fraction of sp³-hybridized carbons (Fsp3) is 0.550. The van der Waals surface area contributed by atoms with Crippen LogP contribution in [0.5, 0.6) is 0 Å². The standard InChI is InChI=1S/C20H29ClN2O4/c1-14(2)5-4-6-15(3)23-18(24)13-27-19(25)11-12-22-20(26)16-7-9-17(21)10-8-16/h7-10,14-15H,4-6,11-13H2,1-3H3,(H,22,26)(H,23,24). The number of esters is 1. The lowest BCUT2D eigenvalue weighted by Gasteiger charge is -2.14. The Labute approximate surface area is 166 Å². The Kier molecular flexibility index (Phi) is 10.5. The van der Waals surface area contributed by atoms with Crippen molar-refractivity contribution in [3.8, 4) is 0 Å². The number of carbonyl (C=O) groups is 3. The SMILES string of the molecule is CC(C)CCCC(C)NC(=O)COC(=O)CCNC(=O)c1ccc(Cl)cc1. The number of hydrogen-bond acceptors (Lipinski definition) is 4. The van der Waals surface area contributed by atoms with Crippen LogP contribution in [0.2, 0.25) is 5.02 Å². The molecule has 0 aliphatic heterocycles. The van der Waals surface area contributed by atoms with Crippen LogP contribution in [0.1, 0.15) is 56.8 Å². The molecule has 150 valence electrons. The number of amides is 2. The molecule has 0 aliphatic carbocycles. The fourth-order valence-corrected chi connectivity index (χ4v) is 2.55. The van der Waals surface area contributed by atoms with E-state index in [1.807, 2.05) is 6.92 Å². The predicted molar refractivity (Wildman–Crippen MR) is 106 cm³/mol. The Morgan fingerprint density at radius 1 is 1.07 bits per heavy atom. The molecule has 1 aromatic rings. The van der Waals surface area contributed by atoms with Gasteiger partial charge in [0.1, 0.15) is 0 Å². The van der Waals surface area contributed by atoms with Crippen molar-refractivity contribution >= 4 is 29.4 Å². The number of benzene rings is 1. The minimum absolute atomic E-state index is 0.00342. The molecule has 6 nitrogen and oxygen atoms in total. The average molecular weight is 397 g/mol. The maximum atomic E-state index is 11.9. The summed E-state index contributed by atoms with van der Waals surface area (Å²) in [6.45, 7) is 6.10. The highest BCUT2D eigenvalue weighted by atomic mass is 35.5. The minimum atomic E-state index is -0.533. The Hall–Kier alpha value is -2.08. The van der Waals surface area contributed by atoms with Crippen LogP contribution in [0.4, 0.5) is 0 Å². The summed E-state index contributed by atoms with van der Waals surface area (Å²) >= 11 is 5.77. The fourth-order valence-electron chi connectivity index (χ4n) is 2.42. The van der Waals surface area contributed by atoms with Crippen LogP contribution in [0, 0.1) is 5.92 Å². The van der Waals surface area contributed by atoms with Gasteiger partial charge in [0, 0.05) is 23.2 Å². The van der Waals surface area contributed by atoms with Crippen molar-refractivity contribution in [2.24, 2.45) is 5.92 Å². The first-order valence-electron chi connectivity index (χ1n) is 9.26. The Morgan fingerprint density at radius 2 is 1.74 bits per heavy atom. The molecule has 0 spiro atoms. The van der Waals surface area contributed by atoms with Gasteiger partial charge in [0.2, 0.25) is 0 Å². The summed E-state index contributed by atoms with van der Waals surface area (Å²) in [7, 11) is 0. The molecule has 0 saturated heterocycles. The molecule has 2 amide bonds. The van der Waals surface area contributed by atoms with Crippen molar-refractivity contribution in [2.75, 3.05) is 13.2 Å². The van der Waals surface area contributed by atoms with Crippen LogP contribution in [0.3, 0.4) is 0 Å². The van der Waals surface area contributed by atoms with Gasteiger partial charge < -0.3 is 15.4 Å². The number of ether oxygens (including phenoxy) is 1. The summed E-state index contributed by atoms with van der Waals surface area (Å²) in [6.07, 6.45) is 3.06. The summed E-state index contributed by atoms with van der Waals surface area (Å²) in [5, 5.41) is 5.97. The van der Waals surface area contributed by atoms with E-state index in [0.29, 0.717) is 16.5 Å². The molecule has 27 heavy (non-hydrogen) atoms. The highest BCUT2D eigenvalue weighted by molar-refractivity contribution is 6.30. The van der Waals surface area contributed by atoms with Gasteiger partial charge in [-0.1, -0.05) is 38.3 Å². The smallest absolute Gasteiger partial charge is 0.308 e. The van der Waals surface area contributed by atoms with Crippen molar-refractivity contribution in [1.29, 1.82) is 0 Å². The van der Waals surface area contributed by atoms with Crippen LogP contribution in [-0.4, -0.2) is 37.0 Å². The van der Waals surface area contributed by atoms with Crippen LogP contribution >= 0.6 is 11.6 Å². The van der Waals surface area contributed by atoms with E-state index in [9.17, 15) is 14.4 Å². The van der Waals surface area contributed by atoms with E-state index in [1.54, 1.807) is 24.3 Å². The second-order valence-corrected chi connectivity index (χ2v) is 7.40. The maximum absolute atomic E-state index is 11.9.